The molecule has 0 spiro atoms. The summed E-state index contributed by atoms with van der Waals surface area (Å²) in [7, 11) is 1.78. The number of amides is 1. The predicted molar refractivity (Wildman–Crippen MR) is 104 cm³/mol. The van der Waals surface area contributed by atoms with E-state index < -0.39 is 11.9 Å². The zero-order chi connectivity index (χ0) is 19.6. The number of nitrogens with zero attached hydrogens (tertiary/aromatic N) is 2. The molecular formula is C20H19FN4O2. The molecular weight excluding hydrogens is 347 g/mol. The second kappa shape index (κ2) is 7.41. The molecule has 0 aliphatic heterocycles. The Bertz CT molecular complexity index is 1050. The Kier molecular flexibility index (Phi) is 5.03. The quantitative estimate of drug-likeness (QED) is 0.645. The van der Waals surface area contributed by atoms with Gasteiger partial charge in [0.05, 0.1) is 11.3 Å². The van der Waals surface area contributed by atoms with E-state index >= 15 is 0 Å². The van der Waals surface area contributed by atoms with Crippen LogP contribution in [-0.4, -0.2) is 23.1 Å². The van der Waals surface area contributed by atoms with Gasteiger partial charge in [0.2, 0.25) is 0 Å². The summed E-state index contributed by atoms with van der Waals surface area (Å²) in [4.78, 5) is 20.6. The number of anilines is 2. The highest BCUT2D eigenvalue weighted by atomic mass is 19.1. The second-order valence-corrected chi connectivity index (χ2v) is 6.04. The van der Waals surface area contributed by atoms with Gasteiger partial charge in [-0.3, -0.25) is 10.3 Å². The summed E-state index contributed by atoms with van der Waals surface area (Å²) in [6, 6.07) is 7.95. The highest BCUT2D eigenvalue weighted by Gasteiger charge is 2.13. The average molecular weight is 366 g/mol. The number of aryl methyl sites for hydroxylation is 1. The smallest absolute Gasteiger partial charge is 0.416 e. The van der Waals surface area contributed by atoms with E-state index in [1.54, 1.807) is 26.2 Å². The van der Waals surface area contributed by atoms with Crippen molar-refractivity contribution >= 4 is 28.5 Å². The molecule has 2 aromatic heterocycles. The zero-order valence-corrected chi connectivity index (χ0v) is 15.3. The minimum atomic E-state index is -0.683. The van der Waals surface area contributed by atoms with Crippen molar-refractivity contribution in [3.63, 3.8) is 0 Å². The number of ether oxygens (including phenoxy) is 1. The van der Waals surface area contributed by atoms with E-state index in [0.29, 0.717) is 28.3 Å². The molecule has 1 aromatic carbocycles. The number of rotatable bonds is 4. The molecule has 0 saturated heterocycles. The number of carbonyl (C=O) groups is 1. The molecule has 0 fully saturated rings. The van der Waals surface area contributed by atoms with Crippen molar-refractivity contribution in [2.45, 2.75) is 13.8 Å². The molecule has 1 amide bonds. The van der Waals surface area contributed by atoms with Crippen LogP contribution in [0.3, 0.4) is 0 Å². The Morgan fingerprint density at radius 2 is 2.00 bits per heavy atom. The molecule has 0 atom stereocenters. The molecule has 3 aromatic rings. The van der Waals surface area contributed by atoms with Crippen molar-refractivity contribution < 1.29 is 13.9 Å². The van der Waals surface area contributed by atoms with E-state index in [1.807, 2.05) is 19.1 Å². The second-order valence-electron chi connectivity index (χ2n) is 6.04. The Morgan fingerprint density at radius 1 is 1.22 bits per heavy atom. The molecule has 0 radical (unpaired) electrons. The maximum absolute atomic E-state index is 14.5. The van der Waals surface area contributed by atoms with Crippen LogP contribution in [0.15, 0.2) is 48.9 Å². The lowest BCUT2D eigenvalue weighted by Gasteiger charge is -2.12. The van der Waals surface area contributed by atoms with Gasteiger partial charge in [-0.15, -0.1) is 0 Å². The molecule has 6 nitrogen and oxygen atoms in total. The Balaban J connectivity index is 2.02. The van der Waals surface area contributed by atoms with Crippen molar-refractivity contribution in [2.24, 2.45) is 0 Å². The molecule has 0 aliphatic rings. The lowest BCUT2D eigenvalue weighted by Crippen LogP contribution is -2.12. The molecule has 0 saturated carbocycles. The number of benzene rings is 1. The Hall–Kier alpha value is -3.48. The summed E-state index contributed by atoms with van der Waals surface area (Å²) in [5, 5.41) is 6.30. The number of halogens is 1. The summed E-state index contributed by atoms with van der Waals surface area (Å²) < 4.78 is 19.4. The Morgan fingerprint density at radius 3 is 2.70 bits per heavy atom. The van der Waals surface area contributed by atoms with E-state index in [-0.39, 0.29) is 5.76 Å². The molecule has 0 bridgehead atoms. The number of fused-ring (bicyclic) bond motifs is 1. The molecule has 2 heterocycles. The van der Waals surface area contributed by atoms with Crippen molar-refractivity contribution in [1.29, 1.82) is 0 Å². The van der Waals surface area contributed by atoms with Gasteiger partial charge in [-0.25, -0.2) is 14.2 Å². The lowest BCUT2D eigenvalue weighted by molar-refractivity contribution is 0.192. The Labute approximate surface area is 156 Å². The van der Waals surface area contributed by atoms with Crippen LogP contribution in [0.5, 0.6) is 0 Å². The maximum atomic E-state index is 14.5. The van der Waals surface area contributed by atoms with Gasteiger partial charge in [-0.1, -0.05) is 6.58 Å². The van der Waals surface area contributed by atoms with Crippen LogP contribution in [0.1, 0.15) is 12.6 Å². The number of hydrogen-bond donors (Lipinski definition) is 2. The van der Waals surface area contributed by atoms with Crippen molar-refractivity contribution in [2.75, 3.05) is 17.7 Å². The third kappa shape index (κ3) is 4.03. The minimum absolute atomic E-state index is 0.262. The first kappa shape index (κ1) is 18.3. The monoisotopic (exact) mass is 366 g/mol. The fourth-order valence-corrected chi connectivity index (χ4v) is 2.68. The molecule has 0 unspecified atom stereocenters. The summed E-state index contributed by atoms with van der Waals surface area (Å²) in [6.07, 6.45) is 0.999. The number of nitrogens with one attached hydrogen (secondary N) is 2. The zero-order valence-electron chi connectivity index (χ0n) is 15.3. The summed E-state index contributed by atoms with van der Waals surface area (Å²) >= 11 is 0. The van der Waals surface area contributed by atoms with E-state index in [2.05, 4.69) is 27.2 Å². The van der Waals surface area contributed by atoms with Gasteiger partial charge >= 0.3 is 6.09 Å². The van der Waals surface area contributed by atoms with Gasteiger partial charge in [0.15, 0.2) is 0 Å². The fraction of sp³-hybridized carbons (Fsp3) is 0.150. The van der Waals surface area contributed by atoms with Crippen LogP contribution in [0, 0.1) is 12.7 Å². The van der Waals surface area contributed by atoms with Crippen LogP contribution in [0.4, 0.5) is 20.7 Å². The lowest BCUT2D eigenvalue weighted by atomic mass is 10.0. The van der Waals surface area contributed by atoms with Gasteiger partial charge in [0.1, 0.15) is 11.6 Å². The van der Waals surface area contributed by atoms with E-state index in [1.165, 1.54) is 12.1 Å². The normalized spacial score (nSPS) is 10.5. The number of aromatic nitrogens is 2. The van der Waals surface area contributed by atoms with Crippen LogP contribution in [0.25, 0.3) is 22.0 Å². The van der Waals surface area contributed by atoms with Crippen molar-refractivity contribution in [3.8, 4) is 11.1 Å². The van der Waals surface area contributed by atoms with Gasteiger partial charge in [0, 0.05) is 47.2 Å². The van der Waals surface area contributed by atoms with E-state index in [0.717, 1.165) is 10.9 Å². The number of pyridine rings is 2. The molecule has 2 N–H and O–H groups in total. The summed E-state index contributed by atoms with van der Waals surface area (Å²) in [6.45, 7) is 6.88. The van der Waals surface area contributed by atoms with Crippen molar-refractivity contribution in [3.05, 3.63) is 60.4 Å². The third-order valence-electron chi connectivity index (χ3n) is 3.92. The molecule has 0 aliphatic carbocycles. The topological polar surface area (TPSA) is 76.1 Å². The van der Waals surface area contributed by atoms with Gasteiger partial charge in [-0.05, 0) is 38.1 Å². The van der Waals surface area contributed by atoms with E-state index in [4.69, 9.17) is 4.74 Å². The van der Waals surface area contributed by atoms with Gasteiger partial charge in [-0.2, -0.15) is 0 Å². The maximum Gasteiger partial charge on any atom is 0.416 e. The number of carbonyl (C=O) groups excluding carboxylic acids is 1. The van der Waals surface area contributed by atoms with Crippen molar-refractivity contribution in [1.82, 2.24) is 9.97 Å². The summed E-state index contributed by atoms with van der Waals surface area (Å²) in [5.74, 6) is 0.547. The fourth-order valence-electron chi connectivity index (χ4n) is 2.68. The molecule has 7 heteroatoms. The highest BCUT2D eigenvalue weighted by Crippen LogP contribution is 2.31. The highest BCUT2D eigenvalue weighted by molar-refractivity contribution is 5.89. The van der Waals surface area contributed by atoms with Gasteiger partial charge < -0.3 is 10.1 Å². The minimum Gasteiger partial charge on any atom is -0.416 e. The number of hydrogen-bond acceptors (Lipinski definition) is 5. The SMILES string of the molecule is C=C(C)OC(=O)Nc1ccc(F)c(-c2cc3cnc(NC)cc3nc2C)c1. The summed E-state index contributed by atoms with van der Waals surface area (Å²) in [5.41, 5.74) is 2.77. The number of allylic oxidation sites excluding steroid dienone is 1. The third-order valence-corrected chi connectivity index (χ3v) is 3.92. The first-order valence-electron chi connectivity index (χ1n) is 8.27. The van der Waals surface area contributed by atoms with Crippen LogP contribution in [0.2, 0.25) is 0 Å². The first-order chi connectivity index (χ1) is 12.9. The largest absolute Gasteiger partial charge is 0.416 e. The first-order valence-corrected chi connectivity index (χ1v) is 8.27. The van der Waals surface area contributed by atoms with Gasteiger partial charge in [0.25, 0.3) is 0 Å². The van der Waals surface area contributed by atoms with E-state index in [9.17, 15) is 9.18 Å². The average Bonchev–Trinajstić information content (AvgIpc) is 2.61. The predicted octanol–water partition coefficient (Wildman–Crippen LogP) is 4.87. The molecule has 27 heavy (non-hydrogen) atoms. The van der Waals surface area contributed by atoms with Crippen LogP contribution >= 0.6 is 0 Å². The van der Waals surface area contributed by atoms with Crippen LogP contribution < -0.4 is 10.6 Å². The van der Waals surface area contributed by atoms with Crippen LogP contribution in [-0.2, 0) is 4.74 Å². The molecule has 138 valence electrons. The standard InChI is InChI=1S/C20H19FN4O2/c1-11(2)27-20(26)25-14-5-6-17(21)16(8-14)15-7-13-10-23-19(22-4)9-18(13)24-12(15)3/h5-10H,1H2,2-4H3,(H,22,23)(H,25,26). The molecule has 3 rings (SSSR count).